The first-order chi connectivity index (χ1) is 22.9. The molecule has 0 spiro atoms. The number of ether oxygens (including phenoxy) is 2. The van der Waals surface area contributed by atoms with Crippen LogP contribution in [0.2, 0.25) is 0 Å². The summed E-state index contributed by atoms with van der Waals surface area (Å²) in [6, 6.07) is 19.5. The van der Waals surface area contributed by atoms with E-state index in [2.05, 4.69) is 53.7 Å². The second-order valence-corrected chi connectivity index (χ2v) is 12.2. The molecule has 0 saturated carbocycles. The standard InChI is InChI=1S/C38H45N5O4/c1-5-25-23-28(16-17-29(25)26-19-21-42(22-20-26)38(45)47-8-4)40-33-18-15-27-11-9-12-30(36(27)33)32-13-10-14-35(41-32)43-34(6-2)31(24-39-43)37(44)46-7-3/h9-14,16-17,23-24,26,33,40H,5-8,15,18-22H2,1-4H3. The van der Waals surface area contributed by atoms with Crippen molar-refractivity contribution in [2.75, 3.05) is 31.6 Å². The van der Waals surface area contributed by atoms with Crippen LogP contribution in [0.1, 0.15) is 97.2 Å². The molecule has 246 valence electrons. The number of nitrogens with one attached hydrogen (secondary N) is 1. The van der Waals surface area contributed by atoms with Gasteiger partial charge in [0, 0.05) is 24.3 Å². The van der Waals surface area contributed by atoms with Gasteiger partial charge >= 0.3 is 12.1 Å². The number of carbonyl (C=O) groups is 2. The molecular weight excluding hydrogens is 590 g/mol. The molecule has 1 unspecified atom stereocenters. The molecule has 2 aliphatic rings. The molecule has 6 rings (SSSR count). The molecule has 3 heterocycles. The Balaban J connectivity index is 1.23. The minimum absolute atomic E-state index is 0.154. The molecule has 9 nitrogen and oxygen atoms in total. The molecule has 2 aromatic carbocycles. The molecule has 9 heteroatoms. The summed E-state index contributed by atoms with van der Waals surface area (Å²) in [5.74, 6) is 0.754. The van der Waals surface area contributed by atoms with E-state index in [4.69, 9.17) is 14.5 Å². The highest BCUT2D eigenvalue weighted by atomic mass is 16.6. The number of fused-ring (bicyclic) bond motifs is 1. The number of aromatic nitrogens is 3. The van der Waals surface area contributed by atoms with Crippen LogP contribution in [0.3, 0.4) is 0 Å². The van der Waals surface area contributed by atoms with Crippen molar-refractivity contribution in [3.8, 4) is 17.1 Å². The van der Waals surface area contributed by atoms with E-state index >= 15 is 0 Å². The van der Waals surface area contributed by atoms with Gasteiger partial charge in [-0.15, -0.1) is 0 Å². The fraction of sp³-hybridized carbons (Fsp3) is 0.421. The van der Waals surface area contributed by atoms with Crippen LogP contribution in [0.15, 0.2) is 60.8 Å². The predicted octanol–water partition coefficient (Wildman–Crippen LogP) is 7.67. The van der Waals surface area contributed by atoms with E-state index in [0.717, 1.165) is 67.8 Å². The molecule has 1 atom stereocenters. The van der Waals surface area contributed by atoms with Crippen molar-refractivity contribution in [3.63, 3.8) is 0 Å². The van der Waals surface area contributed by atoms with Gasteiger partial charge in [0.05, 0.1) is 36.8 Å². The number of amides is 1. The summed E-state index contributed by atoms with van der Waals surface area (Å²) in [6.07, 6.45) is 6.86. The number of nitrogens with zero attached hydrogens (tertiary/aromatic N) is 4. The van der Waals surface area contributed by atoms with Crippen LogP contribution >= 0.6 is 0 Å². The molecule has 4 aromatic rings. The second kappa shape index (κ2) is 14.4. The summed E-state index contributed by atoms with van der Waals surface area (Å²) < 4.78 is 12.2. The van der Waals surface area contributed by atoms with Crippen LogP contribution < -0.4 is 5.32 Å². The first kappa shape index (κ1) is 32.3. The highest BCUT2D eigenvalue weighted by Crippen LogP contribution is 2.41. The molecule has 2 aromatic heterocycles. The Hall–Kier alpha value is -4.66. The number of pyridine rings is 1. The maximum Gasteiger partial charge on any atom is 0.409 e. The highest BCUT2D eigenvalue weighted by molar-refractivity contribution is 5.90. The lowest BCUT2D eigenvalue weighted by Crippen LogP contribution is -2.38. The van der Waals surface area contributed by atoms with E-state index in [0.29, 0.717) is 36.9 Å². The van der Waals surface area contributed by atoms with E-state index in [1.165, 1.54) is 22.3 Å². The quantitative estimate of drug-likeness (QED) is 0.179. The van der Waals surface area contributed by atoms with E-state index < -0.39 is 0 Å². The monoisotopic (exact) mass is 635 g/mol. The molecular formula is C38H45N5O4. The van der Waals surface area contributed by atoms with Crippen molar-refractivity contribution in [3.05, 3.63) is 94.3 Å². The molecule has 47 heavy (non-hydrogen) atoms. The Morgan fingerprint density at radius 2 is 1.70 bits per heavy atom. The van der Waals surface area contributed by atoms with Gasteiger partial charge in [-0.25, -0.2) is 19.3 Å². The summed E-state index contributed by atoms with van der Waals surface area (Å²) in [5, 5.41) is 8.41. The highest BCUT2D eigenvalue weighted by Gasteiger charge is 2.29. The van der Waals surface area contributed by atoms with Gasteiger partial charge in [0.1, 0.15) is 5.56 Å². The van der Waals surface area contributed by atoms with Crippen molar-refractivity contribution >= 4 is 17.7 Å². The average molecular weight is 636 g/mol. The third-order valence-electron chi connectivity index (χ3n) is 9.50. The summed E-state index contributed by atoms with van der Waals surface area (Å²) in [5.41, 5.74) is 9.75. The summed E-state index contributed by atoms with van der Waals surface area (Å²) in [7, 11) is 0. The number of esters is 1. The molecule has 1 fully saturated rings. The third kappa shape index (κ3) is 6.62. The fourth-order valence-corrected chi connectivity index (χ4v) is 7.23. The van der Waals surface area contributed by atoms with Gasteiger partial charge in [-0.1, -0.05) is 44.2 Å². The SMILES string of the molecule is CCOC(=O)c1cnn(-c2cccc(-c3cccc4c3C(Nc3ccc(C5CCN(C(=O)OCC)CC5)c(CC)c3)CC4)n2)c1CC. The van der Waals surface area contributed by atoms with Crippen LogP contribution in [0.25, 0.3) is 17.1 Å². The largest absolute Gasteiger partial charge is 0.462 e. The number of likely N-dealkylation sites (tertiary alicyclic amines) is 1. The van der Waals surface area contributed by atoms with Gasteiger partial charge in [0.25, 0.3) is 0 Å². The van der Waals surface area contributed by atoms with Crippen molar-refractivity contribution in [2.24, 2.45) is 0 Å². The van der Waals surface area contributed by atoms with Crippen LogP contribution in [-0.4, -0.2) is 58.0 Å². The lowest BCUT2D eigenvalue weighted by molar-refractivity contribution is 0.0525. The number of piperidine rings is 1. The van der Waals surface area contributed by atoms with Gasteiger partial charge < -0.3 is 19.7 Å². The van der Waals surface area contributed by atoms with E-state index in [1.807, 2.05) is 36.9 Å². The fourth-order valence-electron chi connectivity index (χ4n) is 7.23. The number of benzene rings is 2. The number of hydrogen-bond acceptors (Lipinski definition) is 7. The zero-order valence-electron chi connectivity index (χ0n) is 27.9. The molecule has 0 bridgehead atoms. The third-order valence-corrected chi connectivity index (χ3v) is 9.50. The van der Waals surface area contributed by atoms with Gasteiger partial charge in [0.2, 0.25) is 0 Å². The zero-order valence-corrected chi connectivity index (χ0v) is 27.9. The second-order valence-electron chi connectivity index (χ2n) is 12.2. The normalized spacial score (nSPS) is 16.2. The van der Waals surface area contributed by atoms with Gasteiger partial charge in [-0.2, -0.15) is 5.10 Å². The topological polar surface area (TPSA) is 98.6 Å². The Labute approximate surface area is 277 Å². The number of aryl methyl sites for hydroxylation is 2. The zero-order chi connectivity index (χ0) is 32.9. The van der Waals surface area contributed by atoms with Crippen LogP contribution in [0.4, 0.5) is 10.5 Å². The van der Waals surface area contributed by atoms with Crippen molar-refractivity contribution in [1.29, 1.82) is 0 Å². The maximum absolute atomic E-state index is 12.5. The van der Waals surface area contributed by atoms with E-state index in [1.54, 1.807) is 17.8 Å². The van der Waals surface area contributed by atoms with Crippen LogP contribution in [0, 0.1) is 0 Å². The minimum atomic E-state index is -0.361. The van der Waals surface area contributed by atoms with Crippen molar-refractivity contribution < 1.29 is 19.1 Å². The van der Waals surface area contributed by atoms with Gasteiger partial charge in [-0.3, -0.25) is 0 Å². The molecule has 1 saturated heterocycles. The number of anilines is 1. The van der Waals surface area contributed by atoms with Gasteiger partial charge in [0.15, 0.2) is 5.82 Å². The molecule has 1 N–H and O–H groups in total. The number of carbonyl (C=O) groups excluding carboxylic acids is 2. The molecule has 1 aliphatic heterocycles. The Morgan fingerprint density at radius 1 is 0.915 bits per heavy atom. The lowest BCUT2D eigenvalue weighted by Gasteiger charge is -2.32. The first-order valence-corrected chi connectivity index (χ1v) is 17.1. The van der Waals surface area contributed by atoms with E-state index in [-0.39, 0.29) is 18.1 Å². The van der Waals surface area contributed by atoms with E-state index in [9.17, 15) is 9.59 Å². The van der Waals surface area contributed by atoms with Gasteiger partial charge in [-0.05, 0) is 105 Å². The molecule has 1 amide bonds. The molecule has 1 aliphatic carbocycles. The molecule has 0 radical (unpaired) electrons. The number of hydrogen-bond donors (Lipinski definition) is 1. The minimum Gasteiger partial charge on any atom is -0.462 e. The van der Waals surface area contributed by atoms with Crippen LogP contribution in [0.5, 0.6) is 0 Å². The Bertz CT molecular complexity index is 1740. The predicted molar refractivity (Wildman–Crippen MR) is 183 cm³/mol. The van der Waals surface area contributed by atoms with Crippen molar-refractivity contribution in [1.82, 2.24) is 19.7 Å². The lowest BCUT2D eigenvalue weighted by atomic mass is 9.85. The Morgan fingerprint density at radius 3 is 2.45 bits per heavy atom. The maximum atomic E-state index is 12.5. The smallest absolute Gasteiger partial charge is 0.409 e. The average Bonchev–Trinajstić information content (AvgIpc) is 3.73. The number of rotatable bonds is 10. The summed E-state index contributed by atoms with van der Waals surface area (Å²) in [6.45, 7) is 10.1. The van der Waals surface area contributed by atoms with Crippen molar-refractivity contribution in [2.45, 2.75) is 78.2 Å². The summed E-state index contributed by atoms with van der Waals surface area (Å²) >= 11 is 0. The van der Waals surface area contributed by atoms with Crippen LogP contribution in [-0.2, 0) is 28.7 Å². The first-order valence-electron chi connectivity index (χ1n) is 17.1. The Kier molecular flexibility index (Phi) is 9.90. The summed E-state index contributed by atoms with van der Waals surface area (Å²) in [4.78, 5) is 31.6.